The molecule has 0 unspecified atom stereocenters. The number of hydrogen-bond donors (Lipinski definition) is 0. The molecule has 0 fully saturated rings. The number of rotatable bonds is 6. The first-order valence-corrected chi connectivity index (χ1v) is 4.76. The summed E-state index contributed by atoms with van der Waals surface area (Å²) in [6, 6.07) is 0. The van der Waals surface area contributed by atoms with Gasteiger partial charge < -0.3 is 9.47 Å². The fourth-order valence-electron chi connectivity index (χ4n) is 1.85. The standard InChI is InChI=1S/C10H22O2/c1-6-10(7-2,8-3)9(11-4)12-5/h9H,6-8H2,1-5H3. The van der Waals surface area contributed by atoms with Gasteiger partial charge in [-0.05, 0) is 19.3 Å². The Kier molecular flexibility index (Phi) is 5.51. The van der Waals surface area contributed by atoms with Crippen LogP contribution in [0, 0.1) is 5.41 Å². The van der Waals surface area contributed by atoms with Gasteiger partial charge in [0, 0.05) is 19.6 Å². The molecule has 2 nitrogen and oxygen atoms in total. The third-order valence-corrected chi connectivity index (χ3v) is 3.04. The maximum atomic E-state index is 5.32. The van der Waals surface area contributed by atoms with Gasteiger partial charge in [-0.2, -0.15) is 0 Å². The molecule has 0 heterocycles. The van der Waals surface area contributed by atoms with E-state index >= 15 is 0 Å². The van der Waals surface area contributed by atoms with E-state index in [1.54, 1.807) is 14.2 Å². The third kappa shape index (κ3) is 2.20. The van der Waals surface area contributed by atoms with Crippen molar-refractivity contribution in [3.8, 4) is 0 Å². The Morgan fingerprint density at radius 3 is 1.33 bits per heavy atom. The average Bonchev–Trinajstić information content (AvgIpc) is 2.14. The average molecular weight is 174 g/mol. The molecule has 0 amide bonds. The van der Waals surface area contributed by atoms with E-state index in [0.29, 0.717) is 0 Å². The maximum Gasteiger partial charge on any atom is 0.162 e. The predicted molar refractivity (Wildman–Crippen MR) is 51.1 cm³/mol. The second-order valence-electron chi connectivity index (χ2n) is 3.23. The van der Waals surface area contributed by atoms with Gasteiger partial charge in [0.05, 0.1) is 0 Å². The fourth-order valence-corrected chi connectivity index (χ4v) is 1.85. The lowest BCUT2D eigenvalue weighted by atomic mass is 9.79. The number of ether oxygens (including phenoxy) is 2. The summed E-state index contributed by atoms with van der Waals surface area (Å²) >= 11 is 0. The lowest BCUT2D eigenvalue weighted by Gasteiger charge is -2.36. The highest BCUT2D eigenvalue weighted by Gasteiger charge is 2.34. The summed E-state index contributed by atoms with van der Waals surface area (Å²) in [7, 11) is 3.42. The van der Waals surface area contributed by atoms with Crippen LogP contribution in [0.25, 0.3) is 0 Å². The van der Waals surface area contributed by atoms with Crippen LogP contribution in [-0.2, 0) is 9.47 Å². The quantitative estimate of drug-likeness (QED) is 0.576. The van der Waals surface area contributed by atoms with Gasteiger partial charge in [0.25, 0.3) is 0 Å². The van der Waals surface area contributed by atoms with Crippen molar-refractivity contribution < 1.29 is 9.47 Å². The van der Waals surface area contributed by atoms with Gasteiger partial charge in [-0.15, -0.1) is 0 Å². The third-order valence-electron chi connectivity index (χ3n) is 3.04. The van der Waals surface area contributed by atoms with Crippen LogP contribution in [-0.4, -0.2) is 20.5 Å². The zero-order valence-corrected chi connectivity index (χ0v) is 9.02. The smallest absolute Gasteiger partial charge is 0.162 e. The summed E-state index contributed by atoms with van der Waals surface area (Å²) in [5, 5.41) is 0. The molecule has 0 N–H and O–H groups in total. The molecule has 0 atom stereocenters. The van der Waals surface area contributed by atoms with E-state index in [4.69, 9.17) is 9.47 Å². The molecule has 0 saturated carbocycles. The minimum atomic E-state index is -0.0579. The molecule has 0 aromatic rings. The van der Waals surface area contributed by atoms with E-state index in [2.05, 4.69) is 20.8 Å². The van der Waals surface area contributed by atoms with Crippen LogP contribution in [0.1, 0.15) is 40.0 Å². The lowest BCUT2D eigenvalue weighted by Crippen LogP contribution is -2.36. The second-order valence-corrected chi connectivity index (χ2v) is 3.23. The van der Waals surface area contributed by atoms with E-state index in [1.807, 2.05) is 0 Å². The first-order chi connectivity index (χ1) is 5.70. The summed E-state index contributed by atoms with van der Waals surface area (Å²) in [4.78, 5) is 0. The van der Waals surface area contributed by atoms with Crippen molar-refractivity contribution in [2.24, 2.45) is 5.41 Å². The van der Waals surface area contributed by atoms with Crippen molar-refractivity contribution in [1.82, 2.24) is 0 Å². The van der Waals surface area contributed by atoms with Gasteiger partial charge in [0.15, 0.2) is 6.29 Å². The molecule has 0 bridgehead atoms. The van der Waals surface area contributed by atoms with Crippen molar-refractivity contribution in [2.75, 3.05) is 14.2 Å². The van der Waals surface area contributed by atoms with Crippen LogP contribution >= 0.6 is 0 Å². The molecule has 0 saturated heterocycles. The predicted octanol–water partition coefficient (Wildman–Crippen LogP) is 2.82. The number of hydrogen-bond acceptors (Lipinski definition) is 2. The molecule has 0 aromatic heterocycles. The van der Waals surface area contributed by atoms with E-state index < -0.39 is 0 Å². The van der Waals surface area contributed by atoms with E-state index in [0.717, 1.165) is 19.3 Å². The van der Waals surface area contributed by atoms with Crippen LogP contribution in [0.15, 0.2) is 0 Å². The molecule has 0 aliphatic carbocycles. The Balaban J connectivity index is 4.42. The molecule has 0 aliphatic heterocycles. The fraction of sp³-hybridized carbons (Fsp3) is 1.00. The minimum Gasteiger partial charge on any atom is -0.355 e. The van der Waals surface area contributed by atoms with Crippen LogP contribution in [0.5, 0.6) is 0 Å². The van der Waals surface area contributed by atoms with Gasteiger partial charge in [-0.3, -0.25) is 0 Å². The molecule has 0 rings (SSSR count). The molecule has 2 heteroatoms. The van der Waals surface area contributed by atoms with Gasteiger partial charge >= 0.3 is 0 Å². The summed E-state index contributed by atoms with van der Waals surface area (Å²) in [6.45, 7) is 6.58. The van der Waals surface area contributed by atoms with Crippen molar-refractivity contribution in [3.63, 3.8) is 0 Å². The monoisotopic (exact) mass is 174 g/mol. The molecular formula is C10H22O2. The van der Waals surface area contributed by atoms with E-state index in [-0.39, 0.29) is 11.7 Å². The first kappa shape index (κ1) is 11.9. The SMILES string of the molecule is CCC(CC)(CC)C(OC)OC. The van der Waals surface area contributed by atoms with Crippen LogP contribution in [0.2, 0.25) is 0 Å². The molecular weight excluding hydrogens is 152 g/mol. The van der Waals surface area contributed by atoms with Crippen molar-refractivity contribution >= 4 is 0 Å². The molecule has 0 spiro atoms. The van der Waals surface area contributed by atoms with E-state index in [9.17, 15) is 0 Å². The number of methoxy groups -OCH3 is 2. The summed E-state index contributed by atoms with van der Waals surface area (Å²) in [5.41, 5.74) is 0.198. The first-order valence-electron chi connectivity index (χ1n) is 4.76. The molecule has 0 radical (unpaired) electrons. The Hall–Kier alpha value is -0.0800. The van der Waals surface area contributed by atoms with Crippen molar-refractivity contribution in [2.45, 2.75) is 46.3 Å². The highest BCUT2D eigenvalue weighted by atomic mass is 16.7. The summed E-state index contributed by atoms with van der Waals surface area (Å²) < 4.78 is 10.6. The van der Waals surface area contributed by atoms with Gasteiger partial charge in [0.2, 0.25) is 0 Å². The van der Waals surface area contributed by atoms with Crippen LogP contribution in [0.4, 0.5) is 0 Å². The Morgan fingerprint density at radius 1 is 0.917 bits per heavy atom. The Bertz CT molecular complexity index is 96.1. The summed E-state index contributed by atoms with van der Waals surface area (Å²) in [6.07, 6.45) is 3.25. The van der Waals surface area contributed by atoms with Gasteiger partial charge in [-0.1, -0.05) is 20.8 Å². The highest BCUT2D eigenvalue weighted by molar-refractivity contribution is 4.78. The van der Waals surface area contributed by atoms with Gasteiger partial charge in [0.1, 0.15) is 0 Å². The molecule has 0 aliphatic rings. The Morgan fingerprint density at radius 2 is 1.25 bits per heavy atom. The highest BCUT2D eigenvalue weighted by Crippen LogP contribution is 2.36. The zero-order valence-electron chi connectivity index (χ0n) is 9.02. The largest absolute Gasteiger partial charge is 0.355 e. The normalized spacial score (nSPS) is 12.5. The minimum absolute atomic E-state index is 0.0579. The van der Waals surface area contributed by atoms with Crippen LogP contribution < -0.4 is 0 Å². The lowest BCUT2D eigenvalue weighted by molar-refractivity contribution is -0.182. The topological polar surface area (TPSA) is 18.5 Å². The molecule has 74 valence electrons. The molecule has 12 heavy (non-hydrogen) atoms. The van der Waals surface area contributed by atoms with Gasteiger partial charge in [-0.25, -0.2) is 0 Å². The Labute approximate surface area is 76.3 Å². The summed E-state index contributed by atoms with van der Waals surface area (Å²) in [5.74, 6) is 0. The van der Waals surface area contributed by atoms with Crippen molar-refractivity contribution in [3.05, 3.63) is 0 Å². The van der Waals surface area contributed by atoms with Crippen LogP contribution in [0.3, 0.4) is 0 Å². The zero-order chi connectivity index (χ0) is 9.61. The maximum absolute atomic E-state index is 5.32. The van der Waals surface area contributed by atoms with Crippen molar-refractivity contribution in [1.29, 1.82) is 0 Å². The second kappa shape index (κ2) is 5.55. The molecule has 0 aromatic carbocycles. The van der Waals surface area contributed by atoms with E-state index in [1.165, 1.54) is 0 Å².